The molecule has 0 bridgehead atoms. The van der Waals surface area contributed by atoms with Crippen molar-refractivity contribution < 1.29 is 8.42 Å². The Balaban J connectivity index is 2.47. The van der Waals surface area contributed by atoms with Crippen molar-refractivity contribution in [2.45, 2.75) is 4.90 Å². The van der Waals surface area contributed by atoms with Crippen LogP contribution in [-0.4, -0.2) is 30.8 Å². The van der Waals surface area contributed by atoms with Gasteiger partial charge in [-0.1, -0.05) is 42.5 Å². The molecule has 0 aliphatic carbocycles. The third kappa shape index (κ3) is 2.91. The number of fused-ring (bicyclic) bond motifs is 1. The Labute approximate surface area is 139 Å². The molecule has 0 fully saturated rings. The summed E-state index contributed by atoms with van der Waals surface area (Å²) in [7, 11) is -3.51. The van der Waals surface area contributed by atoms with Gasteiger partial charge in [-0.2, -0.15) is 4.99 Å². The van der Waals surface area contributed by atoms with Crippen molar-refractivity contribution in [2.24, 2.45) is 16.5 Å². The summed E-state index contributed by atoms with van der Waals surface area (Å²) >= 11 is 0. The van der Waals surface area contributed by atoms with Crippen molar-refractivity contribution in [2.75, 3.05) is 6.26 Å². The molecular weight excluding hydrogens is 326 g/mol. The summed E-state index contributed by atoms with van der Waals surface area (Å²) in [6.45, 7) is 0. The Kier molecular flexibility index (Phi) is 3.90. The highest BCUT2D eigenvalue weighted by Gasteiger charge is 2.19. The number of aromatic nitrogens is 2. The summed E-state index contributed by atoms with van der Waals surface area (Å²) in [5, 5.41) is 9.19. The topological polar surface area (TPSA) is 124 Å². The standard InChI is InChI=1S/C16H15N5O2S/c1-24(22,23)12-9-5-8-11-13(12)15(19-16(17)18)21-20-14(11)10-6-3-2-4-7-10/h2-9H,1H3,(H4,17,18,19,21). The van der Waals surface area contributed by atoms with Crippen LogP contribution >= 0.6 is 0 Å². The normalized spacial score (nSPS) is 11.4. The zero-order valence-electron chi connectivity index (χ0n) is 12.8. The van der Waals surface area contributed by atoms with E-state index in [1.807, 2.05) is 30.3 Å². The van der Waals surface area contributed by atoms with Crippen molar-refractivity contribution >= 4 is 32.4 Å². The predicted octanol–water partition coefficient (Wildman–Crippen LogP) is 1.61. The molecule has 0 aliphatic rings. The van der Waals surface area contributed by atoms with Gasteiger partial charge in [0.2, 0.25) is 0 Å². The number of benzene rings is 2. The molecule has 3 rings (SSSR count). The molecule has 0 spiro atoms. The summed E-state index contributed by atoms with van der Waals surface area (Å²) in [4.78, 5) is 4.03. The molecule has 1 heterocycles. The summed E-state index contributed by atoms with van der Waals surface area (Å²) in [5.41, 5.74) is 12.2. The minimum atomic E-state index is -3.51. The Bertz CT molecular complexity index is 1040. The fourth-order valence-corrected chi connectivity index (χ4v) is 3.38. The molecule has 4 N–H and O–H groups in total. The predicted molar refractivity (Wildman–Crippen MR) is 93.6 cm³/mol. The lowest BCUT2D eigenvalue weighted by molar-refractivity contribution is 0.602. The second-order valence-corrected chi connectivity index (χ2v) is 7.21. The smallest absolute Gasteiger partial charge is 0.192 e. The Morgan fingerprint density at radius 2 is 1.71 bits per heavy atom. The third-order valence-electron chi connectivity index (χ3n) is 3.43. The lowest BCUT2D eigenvalue weighted by Gasteiger charge is -2.10. The number of hydrogen-bond donors (Lipinski definition) is 2. The fourth-order valence-electron chi connectivity index (χ4n) is 2.48. The molecule has 0 atom stereocenters. The van der Waals surface area contributed by atoms with Crippen LogP contribution in [0.15, 0.2) is 58.4 Å². The maximum atomic E-state index is 12.2. The zero-order valence-corrected chi connectivity index (χ0v) is 13.7. The molecule has 0 saturated heterocycles. The molecule has 0 aliphatic heterocycles. The number of aliphatic imine (C=N–C) groups is 1. The highest BCUT2D eigenvalue weighted by Crippen LogP contribution is 2.35. The quantitative estimate of drug-likeness (QED) is 0.551. The zero-order chi connectivity index (χ0) is 17.3. The van der Waals surface area contributed by atoms with E-state index in [-0.39, 0.29) is 16.7 Å². The average Bonchev–Trinajstić information content (AvgIpc) is 2.54. The minimum absolute atomic E-state index is 0.0747. The maximum Gasteiger partial charge on any atom is 0.192 e. The van der Waals surface area contributed by atoms with Crippen LogP contribution in [0.4, 0.5) is 5.82 Å². The van der Waals surface area contributed by atoms with Gasteiger partial charge in [0, 0.05) is 22.6 Å². The first-order chi connectivity index (χ1) is 11.4. The van der Waals surface area contributed by atoms with Crippen molar-refractivity contribution in [3.63, 3.8) is 0 Å². The molecule has 0 radical (unpaired) electrons. The van der Waals surface area contributed by atoms with Gasteiger partial charge in [0.25, 0.3) is 0 Å². The summed E-state index contributed by atoms with van der Waals surface area (Å²) < 4.78 is 24.3. The van der Waals surface area contributed by atoms with E-state index in [4.69, 9.17) is 11.5 Å². The number of hydrogen-bond acceptors (Lipinski definition) is 5. The number of rotatable bonds is 3. The molecule has 3 aromatic rings. The molecule has 7 nitrogen and oxygen atoms in total. The number of guanidine groups is 1. The average molecular weight is 341 g/mol. The number of sulfone groups is 1. The second kappa shape index (κ2) is 5.89. The summed E-state index contributed by atoms with van der Waals surface area (Å²) in [5.74, 6) is -0.146. The van der Waals surface area contributed by atoms with Gasteiger partial charge in [-0.25, -0.2) is 8.42 Å². The second-order valence-electron chi connectivity index (χ2n) is 5.23. The Morgan fingerprint density at radius 3 is 2.33 bits per heavy atom. The van der Waals surface area contributed by atoms with Crippen LogP contribution in [0.1, 0.15) is 0 Å². The summed E-state index contributed by atoms with van der Waals surface area (Å²) in [6, 6.07) is 14.3. The first-order valence-electron chi connectivity index (χ1n) is 7.02. The molecule has 0 unspecified atom stereocenters. The van der Waals surface area contributed by atoms with Crippen molar-refractivity contribution in [3.8, 4) is 11.3 Å². The van der Waals surface area contributed by atoms with Gasteiger partial charge in [-0.3, -0.25) is 0 Å². The van der Waals surface area contributed by atoms with Crippen LogP contribution in [0.5, 0.6) is 0 Å². The Hall–Kier alpha value is -3.00. The molecule has 0 saturated carbocycles. The minimum Gasteiger partial charge on any atom is -0.370 e. The monoisotopic (exact) mass is 341 g/mol. The first kappa shape index (κ1) is 15.9. The molecule has 0 amide bonds. The van der Waals surface area contributed by atoms with Crippen LogP contribution in [0.25, 0.3) is 22.0 Å². The molecule has 8 heteroatoms. The van der Waals surface area contributed by atoms with Gasteiger partial charge in [-0.05, 0) is 6.07 Å². The van der Waals surface area contributed by atoms with E-state index in [1.165, 1.54) is 6.07 Å². The van der Waals surface area contributed by atoms with Crippen molar-refractivity contribution in [1.29, 1.82) is 0 Å². The van der Waals surface area contributed by atoms with Gasteiger partial charge in [-0.15, -0.1) is 10.2 Å². The molecule has 24 heavy (non-hydrogen) atoms. The van der Waals surface area contributed by atoms with Gasteiger partial charge >= 0.3 is 0 Å². The van der Waals surface area contributed by atoms with Crippen LogP contribution in [-0.2, 0) is 9.84 Å². The van der Waals surface area contributed by atoms with E-state index in [0.717, 1.165) is 11.8 Å². The maximum absolute atomic E-state index is 12.2. The first-order valence-corrected chi connectivity index (χ1v) is 8.91. The van der Waals surface area contributed by atoms with Crippen molar-refractivity contribution in [1.82, 2.24) is 10.2 Å². The van der Waals surface area contributed by atoms with E-state index in [0.29, 0.717) is 16.5 Å². The van der Waals surface area contributed by atoms with Crippen LogP contribution in [0.3, 0.4) is 0 Å². The van der Waals surface area contributed by atoms with E-state index in [9.17, 15) is 8.42 Å². The Morgan fingerprint density at radius 1 is 1.00 bits per heavy atom. The van der Waals surface area contributed by atoms with E-state index >= 15 is 0 Å². The number of nitrogens with zero attached hydrogens (tertiary/aromatic N) is 3. The van der Waals surface area contributed by atoms with Crippen LogP contribution in [0.2, 0.25) is 0 Å². The molecule has 2 aromatic carbocycles. The third-order valence-corrected chi connectivity index (χ3v) is 4.57. The van der Waals surface area contributed by atoms with E-state index in [1.54, 1.807) is 12.1 Å². The molecular formula is C16H15N5O2S. The van der Waals surface area contributed by atoms with Gasteiger partial charge < -0.3 is 11.5 Å². The van der Waals surface area contributed by atoms with Crippen LogP contribution < -0.4 is 11.5 Å². The van der Waals surface area contributed by atoms with E-state index in [2.05, 4.69) is 15.2 Å². The SMILES string of the molecule is CS(=O)(=O)c1cccc2c(-c3ccccc3)nnc(N=C(N)N)c12. The van der Waals surface area contributed by atoms with Gasteiger partial charge in [0.05, 0.1) is 4.90 Å². The number of nitrogens with two attached hydrogens (primary N) is 2. The molecule has 1 aromatic heterocycles. The summed E-state index contributed by atoms with van der Waals surface area (Å²) in [6.07, 6.45) is 1.13. The largest absolute Gasteiger partial charge is 0.370 e. The van der Waals surface area contributed by atoms with Gasteiger partial charge in [0.1, 0.15) is 5.69 Å². The highest BCUT2D eigenvalue weighted by molar-refractivity contribution is 7.91. The lowest BCUT2D eigenvalue weighted by Crippen LogP contribution is -2.22. The van der Waals surface area contributed by atoms with Gasteiger partial charge in [0.15, 0.2) is 21.6 Å². The lowest BCUT2D eigenvalue weighted by atomic mass is 10.0. The van der Waals surface area contributed by atoms with Crippen molar-refractivity contribution in [3.05, 3.63) is 48.5 Å². The fraction of sp³-hybridized carbons (Fsp3) is 0.0625. The highest BCUT2D eigenvalue weighted by atomic mass is 32.2. The van der Waals surface area contributed by atoms with Crippen LogP contribution in [0, 0.1) is 0 Å². The molecule has 122 valence electrons. The van der Waals surface area contributed by atoms with E-state index < -0.39 is 9.84 Å².